The summed E-state index contributed by atoms with van der Waals surface area (Å²) < 4.78 is 4.75. The molecule has 0 radical (unpaired) electrons. The second kappa shape index (κ2) is 3.37. The first-order valence-corrected chi connectivity index (χ1v) is 3.45. The van der Waals surface area contributed by atoms with E-state index in [1.807, 2.05) is 6.92 Å². The Labute approximate surface area is 60.4 Å². The molecule has 56 valence electrons. The van der Waals surface area contributed by atoms with Crippen molar-refractivity contribution in [3.8, 4) is 0 Å². The van der Waals surface area contributed by atoms with Crippen LogP contribution in [0.2, 0.25) is 0 Å². The van der Waals surface area contributed by atoms with E-state index >= 15 is 0 Å². The third-order valence-electron chi connectivity index (χ3n) is 1.39. The highest BCUT2D eigenvalue weighted by Gasteiger charge is 1.99. The summed E-state index contributed by atoms with van der Waals surface area (Å²) in [5.74, 6) is 0. The third kappa shape index (κ3) is 1.57. The SMILES string of the molecule is CCNCc1nocc1C. The Balaban J connectivity index is 2.49. The lowest BCUT2D eigenvalue weighted by Crippen LogP contribution is -2.12. The Morgan fingerprint density at radius 1 is 1.70 bits per heavy atom. The number of aromatic nitrogens is 1. The van der Waals surface area contributed by atoms with Gasteiger partial charge in [-0.25, -0.2) is 0 Å². The van der Waals surface area contributed by atoms with E-state index in [1.54, 1.807) is 6.26 Å². The maximum atomic E-state index is 4.75. The number of aryl methyl sites for hydroxylation is 1. The van der Waals surface area contributed by atoms with Crippen molar-refractivity contribution in [1.82, 2.24) is 10.5 Å². The second-order valence-corrected chi connectivity index (χ2v) is 2.22. The van der Waals surface area contributed by atoms with Crippen molar-refractivity contribution in [2.45, 2.75) is 20.4 Å². The van der Waals surface area contributed by atoms with E-state index < -0.39 is 0 Å². The van der Waals surface area contributed by atoms with Crippen molar-refractivity contribution in [3.05, 3.63) is 17.5 Å². The number of nitrogens with one attached hydrogen (secondary N) is 1. The summed E-state index contributed by atoms with van der Waals surface area (Å²) in [5, 5.41) is 6.98. The van der Waals surface area contributed by atoms with Crippen LogP contribution in [0.25, 0.3) is 0 Å². The first-order chi connectivity index (χ1) is 4.84. The summed E-state index contributed by atoms with van der Waals surface area (Å²) in [4.78, 5) is 0. The molecule has 0 amide bonds. The molecule has 1 N–H and O–H groups in total. The van der Waals surface area contributed by atoms with Gasteiger partial charge in [-0.1, -0.05) is 12.1 Å². The largest absolute Gasteiger partial charge is 0.364 e. The van der Waals surface area contributed by atoms with Gasteiger partial charge in [0, 0.05) is 12.1 Å². The van der Waals surface area contributed by atoms with Gasteiger partial charge >= 0.3 is 0 Å². The van der Waals surface area contributed by atoms with Crippen LogP contribution in [-0.4, -0.2) is 11.7 Å². The predicted octanol–water partition coefficient (Wildman–Crippen LogP) is 1.09. The van der Waals surface area contributed by atoms with E-state index in [-0.39, 0.29) is 0 Å². The van der Waals surface area contributed by atoms with Crippen molar-refractivity contribution in [1.29, 1.82) is 0 Å². The Kier molecular flexibility index (Phi) is 2.45. The quantitative estimate of drug-likeness (QED) is 0.683. The van der Waals surface area contributed by atoms with E-state index in [0.29, 0.717) is 0 Å². The molecule has 1 rings (SSSR count). The molecule has 0 aliphatic rings. The van der Waals surface area contributed by atoms with E-state index in [4.69, 9.17) is 4.52 Å². The molecular formula is C7H12N2O. The van der Waals surface area contributed by atoms with Gasteiger partial charge in [-0.2, -0.15) is 0 Å². The number of rotatable bonds is 3. The van der Waals surface area contributed by atoms with Gasteiger partial charge in [0.1, 0.15) is 12.0 Å². The summed E-state index contributed by atoms with van der Waals surface area (Å²) in [6.45, 7) is 5.82. The minimum Gasteiger partial charge on any atom is -0.364 e. The molecule has 1 heterocycles. The van der Waals surface area contributed by atoms with E-state index in [1.165, 1.54) is 0 Å². The summed E-state index contributed by atoms with van der Waals surface area (Å²) in [6, 6.07) is 0. The van der Waals surface area contributed by atoms with Crippen LogP contribution in [0.3, 0.4) is 0 Å². The number of hydrogen-bond donors (Lipinski definition) is 1. The molecule has 1 aromatic heterocycles. The molecule has 0 saturated carbocycles. The van der Waals surface area contributed by atoms with Crippen LogP contribution < -0.4 is 5.32 Å². The minimum absolute atomic E-state index is 0.804. The minimum atomic E-state index is 0.804. The van der Waals surface area contributed by atoms with Crippen LogP contribution in [0.1, 0.15) is 18.2 Å². The van der Waals surface area contributed by atoms with Gasteiger partial charge < -0.3 is 9.84 Å². The van der Waals surface area contributed by atoms with Crippen molar-refractivity contribution in [2.75, 3.05) is 6.54 Å². The molecule has 3 nitrogen and oxygen atoms in total. The summed E-state index contributed by atoms with van der Waals surface area (Å²) in [6.07, 6.45) is 1.66. The highest BCUT2D eigenvalue weighted by molar-refractivity contribution is 5.11. The molecular weight excluding hydrogens is 128 g/mol. The van der Waals surface area contributed by atoms with Crippen LogP contribution in [0.4, 0.5) is 0 Å². The standard InChI is InChI=1S/C7H12N2O/c1-3-8-4-7-6(2)5-10-9-7/h5,8H,3-4H2,1-2H3. The molecule has 0 atom stereocenters. The molecule has 0 bridgehead atoms. The fourth-order valence-corrected chi connectivity index (χ4v) is 0.724. The topological polar surface area (TPSA) is 38.1 Å². The fourth-order valence-electron chi connectivity index (χ4n) is 0.724. The average Bonchev–Trinajstić information content (AvgIpc) is 2.31. The summed E-state index contributed by atoms with van der Waals surface area (Å²) in [5.41, 5.74) is 2.11. The zero-order chi connectivity index (χ0) is 7.40. The van der Waals surface area contributed by atoms with Gasteiger partial charge in [0.2, 0.25) is 0 Å². The average molecular weight is 140 g/mol. The molecule has 0 unspecified atom stereocenters. The molecule has 1 aromatic rings. The summed E-state index contributed by atoms with van der Waals surface area (Å²) in [7, 11) is 0. The van der Waals surface area contributed by atoms with Gasteiger partial charge in [-0.15, -0.1) is 0 Å². The molecule has 0 aromatic carbocycles. The van der Waals surface area contributed by atoms with Gasteiger partial charge in [-0.3, -0.25) is 0 Å². The smallest absolute Gasteiger partial charge is 0.127 e. The molecule has 0 saturated heterocycles. The van der Waals surface area contributed by atoms with E-state index in [9.17, 15) is 0 Å². The zero-order valence-electron chi connectivity index (χ0n) is 6.35. The first-order valence-electron chi connectivity index (χ1n) is 3.45. The lowest BCUT2D eigenvalue weighted by atomic mass is 10.3. The Bertz CT molecular complexity index is 195. The van der Waals surface area contributed by atoms with Crippen LogP contribution in [0, 0.1) is 6.92 Å². The van der Waals surface area contributed by atoms with Crippen molar-refractivity contribution in [3.63, 3.8) is 0 Å². The number of hydrogen-bond acceptors (Lipinski definition) is 3. The van der Waals surface area contributed by atoms with Crippen molar-refractivity contribution >= 4 is 0 Å². The lowest BCUT2D eigenvalue weighted by molar-refractivity contribution is 0.409. The van der Waals surface area contributed by atoms with Gasteiger partial charge in [0.15, 0.2) is 0 Å². The fraction of sp³-hybridized carbons (Fsp3) is 0.571. The van der Waals surface area contributed by atoms with Crippen LogP contribution in [-0.2, 0) is 6.54 Å². The molecule has 0 aliphatic heterocycles. The third-order valence-corrected chi connectivity index (χ3v) is 1.39. The van der Waals surface area contributed by atoms with E-state index in [0.717, 1.165) is 24.3 Å². The Morgan fingerprint density at radius 3 is 3.00 bits per heavy atom. The van der Waals surface area contributed by atoms with Crippen LogP contribution in [0.15, 0.2) is 10.8 Å². The first kappa shape index (κ1) is 7.28. The van der Waals surface area contributed by atoms with Crippen molar-refractivity contribution < 1.29 is 4.52 Å². The molecule has 0 aliphatic carbocycles. The predicted molar refractivity (Wildman–Crippen MR) is 38.6 cm³/mol. The van der Waals surface area contributed by atoms with E-state index in [2.05, 4.69) is 17.4 Å². The maximum Gasteiger partial charge on any atom is 0.127 e. The maximum absolute atomic E-state index is 4.75. The molecule has 0 fully saturated rings. The molecule has 3 heteroatoms. The van der Waals surface area contributed by atoms with Gasteiger partial charge in [-0.05, 0) is 13.5 Å². The van der Waals surface area contributed by atoms with Crippen molar-refractivity contribution in [2.24, 2.45) is 0 Å². The van der Waals surface area contributed by atoms with Gasteiger partial charge in [0.25, 0.3) is 0 Å². The second-order valence-electron chi connectivity index (χ2n) is 2.22. The Morgan fingerprint density at radius 2 is 2.50 bits per heavy atom. The Hall–Kier alpha value is -0.830. The van der Waals surface area contributed by atoms with Crippen LogP contribution in [0.5, 0.6) is 0 Å². The van der Waals surface area contributed by atoms with Gasteiger partial charge in [0.05, 0.1) is 0 Å². The normalized spacial score (nSPS) is 10.2. The highest BCUT2D eigenvalue weighted by atomic mass is 16.5. The molecule has 0 spiro atoms. The molecule has 10 heavy (non-hydrogen) atoms. The summed E-state index contributed by atoms with van der Waals surface area (Å²) >= 11 is 0. The monoisotopic (exact) mass is 140 g/mol. The lowest BCUT2D eigenvalue weighted by Gasteiger charge is -1.95. The number of nitrogens with zero attached hydrogens (tertiary/aromatic N) is 1. The van der Waals surface area contributed by atoms with Crippen LogP contribution >= 0.6 is 0 Å². The zero-order valence-corrected chi connectivity index (χ0v) is 6.35. The highest BCUT2D eigenvalue weighted by Crippen LogP contribution is 2.02.